The van der Waals surface area contributed by atoms with Gasteiger partial charge in [0.2, 0.25) is 11.9 Å². The fourth-order valence-corrected chi connectivity index (χ4v) is 5.24. The van der Waals surface area contributed by atoms with Crippen LogP contribution in [0, 0.1) is 17.7 Å². The minimum atomic E-state index is -0.475. The number of fused-ring (bicyclic) bond motifs is 1. The number of piperidine rings is 2. The summed E-state index contributed by atoms with van der Waals surface area (Å²) < 4.78 is 13.5. The molecule has 2 aromatic heterocycles. The molecule has 2 aliphatic heterocycles. The van der Waals surface area contributed by atoms with Gasteiger partial charge in [0.15, 0.2) is 5.82 Å². The molecule has 2 saturated heterocycles. The molecule has 0 spiro atoms. The van der Waals surface area contributed by atoms with E-state index < -0.39 is 5.82 Å². The molecule has 1 aromatic carbocycles. The van der Waals surface area contributed by atoms with E-state index in [0.717, 1.165) is 51.9 Å². The van der Waals surface area contributed by atoms with Crippen molar-refractivity contribution in [1.82, 2.24) is 24.8 Å². The van der Waals surface area contributed by atoms with Crippen molar-refractivity contribution in [3.8, 4) is 0 Å². The summed E-state index contributed by atoms with van der Waals surface area (Å²) in [5.41, 5.74) is 1.84. The van der Waals surface area contributed by atoms with E-state index in [1.807, 2.05) is 4.90 Å². The molecule has 2 fully saturated rings. The predicted molar refractivity (Wildman–Crippen MR) is 130 cm³/mol. The van der Waals surface area contributed by atoms with Crippen molar-refractivity contribution >= 4 is 46.0 Å². The first-order valence-electron chi connectivity index (χ1n) is 11.7. The van der Waals surface area contributed by atoms with Gasteiger partial charge in [0.25, 0.3) is 0 Å². The third kappa shape index (κ3) is 4.75. The maximum atomic E-state index is 13.5. The summed E-state index contributed by atoms with van der Waals surface area (Å²) in [7, 11) is 0. The summed E-state index contributed by atoms with van der Waals surface area (Å²) in [4.78, 5) is 33.7. The van der Waals surface area contributed by atoms with E-state index in [4.69, 9.17) is 16.6 Å². The van der Waals surface area contributed by atoms with Crippen molar-refractivity contribution in [2.24, 2.45) is 11.8 Å². The standard InChI is InChI=1S/C24H27ClFN7O/c1-15(34)32-8-4-16(5-9-32)17-6-10-33(11-7-17)24-27-13-21-22(31-24)23(29-14-28-21)30-18-2-3-20(26)19(25)12-18/h2-3,12-14,16-17H,4-11H2,1H3,(H,28,29,30). The molecule has 5 rings (SSSR count). The summed E-state index contributed by atoms with van der Waals surface area (Å²) in [6.07, 6.45) is 7.54. The van der Waals surface area contributed by atoms with Crippen molar-refractivity contribution in [1.29, 1.82) is 0 Å². The van der Waals surface area contributed by atoms with Crippen molar-refractivity contribution < 1.29 is 9.18 Å². The Hall–Kier alpha value is -3.07. The van der Waals surface area contributed by atoms with Gasteiger partial charge in [0.05, 0.1) is 11.2 Å². The minimum Gasteiger partial charge on any atom is -0.343 e. The molecule has 0 aliphatic carbocycles. The van der Waals surface area contributed by atoms with Crippen LogP contribution in [0.1, 0.15) is 32.6 Å². The number of carbonyl (C=O) groups is 1. The quantitative estimate of drug-likeness (QED) is 0.587. The first-order valence-corrected chi connectivity index (χ1v) is 12.1. The van der Waals surface area contributed by atoms with E-state index >= 15 is 0 Å². The summed E-state index contributed by atoms with van der Waals surface area (Å²) in [5, 5.41) is 3.20. The van der Waals surface area contributed by atoms with Gasteiger partial charge in [-0.3, -0.25) is 4.79 Å². The number of halogens is 2. The number of nitrogens with zero attached hydrogens (tertiary/aromatic N) is 6. The van der Waals surface area contributed by atoms with Crippen LogP contribution in [0.2, 0.25) is 5.02 Å². The first-order chi connectivity index (χ1) is 16.5. The number of nitrogens with one attached hydrogen (secondary N) is 1. The van der Waals surface area contributed by atoms with Crippen LogP contribution < -0.4 is 10.2 Å². The summed E-state index contributed by atoms with van der Waals surface area (Å²) in [6, 6.07) is 4.42. The maximum Gasteiger partial charge on any atom is 0.226 e. The van der Waals surface area contributed by atoms with Crippen LogP contribution in [0.3, 0.4) is 0 Å². The molecular weight excluding hydrogens is 457 g/mol. The van der Waals surface area contributed by atoms with Crippen molar-refractivity contribution in [3.05, 3.63) is 41.6 Å². The molecule has 1 N–H and O–H groups in total. The van der Waals surface area contributed by atoms with E-state index in [0.29, 0.717) is 40.3 Å². The van der Waals surface area contributed by atoms with Gasteiger partial charge in [-0.2, -0.15) is 0 Å². The zero-order valence-electron chi connectivity index (χ0n) is 19.0. The number of hydrogen-bond acceptors (Lipinski definition) is 7. The molecule has 4 heterocycles. The number of aromatic nitrogens is 4. The molecular formula is C24H27ClFN7O. The van der Waals surface area contributed by atoms with Gasteiger partial charge in [-0.25, -0.2) is 24.3 Å². The van der Waals surface area contributed by atoms with Gasteiger partial charge in [-0.05, 0) is 55.7 Å². The molecule has 0 unspecified atom stereocenters. The second-order valence-electron chi connectivity index (χ2n) is 9.05. The smallest absolute Gasteiger partial charge is 0.226 e. The van der Waals surface area contributed by atoms with Crippen LogP contribution in [0.4, 0.5) is 21.8 Å². The van der Waals surface area contributed by atoms with Crippen molar-refractivity contribution in [2.75, 3.05) is 36.4 Å². The van der Waals surface area contributed by atoms with Gasteiger partial charge >= 0.3 is 0 Å². The van der Waals surface area contributed by atoms with E-state index in [1.54, 1.807) is 19.2 Å². The Labute approximate surface area is 202 Å². The van der Waals surface area contributed by atoms with Crippen LogP contribution in [0.5, 0.6) is 0 Å². The fourth-order valence-electron chi connectivity index (χ4n) is 5.06. The van der Waals surface area contributed by atoms with E-state index in [9.17, 15) is 9.18 Å². The number of carbonyl (C=O) groups excluding carboxylic acids is 1. The zero-order chi connectivity index (χ0) is 23.7. The summed E-state index contributed by atoms with van der Waals surface area (Å²) >= 11 is 5.92. The summed E-state index contributed by atoms with van der Waals surface area (Å²) in [5.74, 6) is 2.24. The zero-order valence-corrected chi connectivity index (χ0v) is 19.8. The summed E-state index contributed by atoms with van der Waals surface area (Å²) in [6.45, 7) is 5.20. The maximum absolute atomic E-state index is 13.5. The Kier molecular flexibility index (Phi) is 6.45. The Balaban J connectivity index is 1.28. The normalized spacial score (nSPS) is 17.9. The van der Waals surface area contributed by atoms with Crippen LogP contribution in [0.25, 0.3) is 11.0 Å². The number of likely N-dealkylation sites (tertiary alicyclic amines) is 1. The lowest BCUT2D eigenvalue weighted by Gasteiger charge is -2.40. The predicted octanol–water partition coefficient (Wildman–Crippen LogP) is 4.43. The highest BCUT2D eigenvalue weighted by molar-refractivity contribution is 6.31. The minimum absolute atomic E-state index is 0.0357. The largest absolute Gasteiger partial charge is 0.343 e. The Morgan fingerprint density at radius 2 is 1.76 bits per heavy atom. The van der Waals surface area contributed by atoms with Gasteiger partial charge in [-0.1, -0.05) is 11.6 Å². The Morgan fingerprint density at radius 1 is 1.06 bits per heavy atom. The average Bonchev–Trinajstić information content (AvgIpc) is 2.86. The molecule has 34 heavy (non-hydrogen) atoms. The highest BCUT2D eigenvalue weighted by Crippen LogP contribution is 2.34. The number of amides is 1. The van der Waals surface area contributed by atoms with Gasteiger partial charge in [0.1, 0.15) is 23.2 Å². The van der Waals surface area contributed by atoms with E-state index in [1.165, 1.54) is 18.5 Å². The molecule has 178 valence electrons. The molecule has 0 atom stereocenters. The second kappa shape index (κ2) is 9.66. The van der Waals surface area contributed by atoms with Crippen molar-refractivity contribution in [3.63, 3.8) is 0 Å². The Bertz CT molecular complexity index is 1190. The third-order valence-electron chi connectivity index (χ3n) is 7.02. The first kappa shape index (κ1) is 22.7. The number of rotatable bonds is 4. The third-order valence-corrected chi connectivity index (χ3v) is 7.31. The lowest BCUT2D eigenvalue weighted by molar-refractivity contribution is -0.130. The SMILES string of the molecule is CC(=O)N1CCC(C2CCN(c3ncc4ncnc(Nc5ccc(F)c(Cl)c5)c4n3)CC2)CC1. The Morgan fingerprint density at radius 3 is 2.44 bits per heavy atom. The highest BCUT2D eigenvalue weighted by Gasteiger charge is 2.31. The van der Waals surface area contributed by atoms with Gasteiger partial charge < -0.3 is 15.1 Å². The van der Waals surface area contributed by atoms with E-state index in [2.05, 4.69) is 25.2 Å². The molecule has 3 aromatic rings. The molecule has 0 radical (unpaired) electrons. The molecule has 0 bridgehead atoms. The fraction of sp³-hybridized carbons (Fsp3) is 0.458. The number of hydrogen-bond donors (Lipinski definition) is 1. The van der Waals surface area contributed by atoms with E-state index in [-0.39, 0.29) is 10.9 Å². The van der Waals surface area contributed by atoms with Crippen LogP contribution in [0.15, 0.2) is 30.7 Å². The van der Waals surface area contributed by atoms with Crippen molar-refractivity contribution in [2.45, 2.75) is 32.6 Å². The molecule has 1 amide bonds. The molecule has 2 aliphatic rings. The monoisotopic (exact) mass is 483 g/mol. The van der Waals surface area contributed by atoms with Crippen LogP contribution in [-0.4, -0.2) is 56.9 Å². The van der Waals surface area contributed by atoms with Gasteiger partial charge in [-0.15, -0.1) is 0 Å². The lowest BCUT2D eigenvalue weighted by Crippen LogP contribution is -2.42. The van der Waals surface area contributed by atoms with Gasteiger partial charge in [0, 0.05) is 38.8 Å². The average molecular weight is 484 g/mol. The second-order valence-corrected chi connectivity index (χ2v) is 9.46. The number of benzene rings is 1. The van der Waals surface area contributed by atoms with Crippen LogP contribution in [-0.2, 0) is 4.79 Å². The molecule has 8 nitrogen and oxygen atoms in total. The van der Waals surface area contributed by atoms with Crippen LogP contribution >= 0.6 is 11.6 Å². The molecule has 10 heteroatoms. The molecule has 0 saturated carbocycles. The highest BCUT2D eigenvalue weighted by atomic mass is 35.5. The topological polar surface area (TPSA) is 87.1 Å². The number of anilines is 3. The lowest BCUT2D eigenvalue weighted by atomic mass is 9.79.